The third-order valence-electron chi connectivity index (χ3n) is 8.34. The van der Waals surface area contributed by atoms with Gasteiger partial charge < -0.3 is 20.4 Å². The Labute approximate surface area is 306 Å². The summed E-state index contributed by atoms with van der Waals surface area (Å²) in [6.45, 7) is 4.52. The van der Waals surface area contributed by atoms with Crippen LogP contribution in [0, 0.1) is 0 Å². The van der Waals surface area contributed by atoms with Crippen LogP contribution in [-0.4, -0.2) is 44.3 Å². The van der Waals surface area contributed by atoms with Gasteiger partial charge in [-0.3, -0.25) is 19.2 Å². The molecule has 0 aliphatic rings. The highest BCUT2D eigenvalue weighted by atomic mass is 16.4. The zero-order chi connectivity index (χ0) is 37.8. The minimum Gasteiger partial charge on any atom is -0.481 e. The summed E-state index contributed by atoms with van der Waals surface area (Å²) in [6.07, 6.45) is 43.5. The van der Waals surface area contributed by atoms with Crippen LogP contribution in [0.1, 0.15) is 219 Å². The van der Waals surface area contributed by atoms with Crippen LogP contribution in [0.15, 0.2) is 24.3 Å². The van der Waals surface area contributed by atoms with E-state index in [4.69, 9.17) is 20.4 Å². The summed E-state index contributed by atoms with van der Waals surface area (Å²) in [6, 6.07) is 0. The van der Waals surface area contributed by atoms with E-state index in [2.05, 4.69) is 38.2 Å². The molecule has 0 aromatic rings. The fourth-order valence-corrected chi connectivity index (χ4v) is 5.25. The van der Waals surface area contributed by atoms with Crippen molar-refractivity contribution in [3.63, 3.8) is 0 Å². The Morgan fingerprint density at radius 2 is 0.480 bits per heavy atom. The number of carbonyl (C=O) groups is 4. The molecule has 0 aromatic carbocycles. The first kappa shape index (κ1) is 51.7. The SMILES string of the molecule is CCCCCCCC/C=C\CCCCCCCC(=O)O.CCCCCCCC/C=C\CCCCCCCC(=O)O.O=C(O)CCCCC(=O)O. The van der Waals surface area contributed by atoms with Crippen LogP contribution in [0.4, 0.5) is 0 Å². The number of allylic oxidation sites excluding steroid dienone is 4. The minimum atomic E-state index is -0.870. The standard InChI is InChI=1S/2C18H34O2.C6H10O4/c2*1-2-3-4-5-6-7-8-9-10-11-12-13-14-15-16-17-18(19)20;7-5(8)3-1-2-4-6(9)10/h2*9-10H,2-8,11-17H2,1H3,(H,19,20);1-4H2,(H,7,8)(H,9,10)/b2*10-9-;. The normalized spacial score (nSPS) is 10.8. The van der Waals surface area contributed by atoms with Gasteiger partial charge in [-0.2, -0.15) is 0 Å². The molecule has 0 saturated heterocycles. The summed E-state index contributed by atoms with van der Waals surface area (Å²) in [5.74, 6) is -3.07. The highest BCUT2D eigenvalue weighted by Crippen LogP contribution is 2.11. The zero-order valence-corrected chi connectivity index (χ0v) is 32.4. The molecule has 0 unspecified atom stereocenters. The molecule has 0 amide bonds. The summed E-state index contributed by atoms with van der Waals surface area (Å²) >= 11 is 0. The lowest BCUT2D eigenvalue weighted by Gasteiger charge is -1.99. The van der Waals surface area contributed by atoms with E-state index in [0.717, 1.165) is 25.7 Å². The number of aliphatic carboxylic acids is 4. The van der Waals surface area contributed by atoms with Crippen LogP contribution in [0.3, 0.4) is 0 Å². The Bertz CT molecular complexity index is 740. The lowest BCUT2D eigenvalue weighted by Crippen LogP contribution is -1.97. The molecule has 0 bridgehead atoms. The van der Waals surface area contributed by atoms with E-state index in [1.54, 1.807) is 0 Å². The van der Waals surface area contributed by atoms with E-state index in [-0.39, 0.29) is 12.8 Å². The van der Waals surface area contributed by atoms with Crippen molar-refractivity contribution in [2.45, 2.75) is 219 Å². The van der Waals surface area contributed by atoms with Gasteiger partial charge in [0.25, 0.3) is 0 Å². The number of hydrogen-bond acceptors (Lipinski definition) is 4. The van der Waals surface area contributed by atoms with Crippen LogP contribution >= 0.6 is 0 Å². The first-order valence-corrected chi connectivity index (χ1v) is 20.3. The van der Waals surface area contributed by atoms with Crippen molar-refractivity contribution in [2.75, 3.05) is 0 Å². The highest BCUT2D eigenvalue weighted by Gasteiger charge is 1.99. The average molecular weight is 711 g/mol. The van der Waals surface area contributed by atoms with Crippen molar-refractivity contribution >= 4 is 23.9 Å². The van der Waals surface area contributed by atoms with E-state index in [1.807, 2.05) is 0 Å². The molecular weight excluding hydrogens is 632 g/mol. The number of rotatable bonds is 35. The van der Waals surface area contributed by atoms with E-state index in [0.29, 0.717) is 25.7 Å². The summed E-state index contributed by atoms with van der Waals surface area (Å²) in [7, 11) is 0. The first-order valence-electron chi connectivity index (χ1n) is 20.3. The molecular formula is C42H78O8. The van der Waals surface area contributed by atoms with Crippen LogP contribution in [0.5, 0.6) is 0 Å². The monoisotopic (exact) mass is 711 g/mol. The van der Waals surface area contributed by atoms with Gasteiger partial charge in [-0.05, 0) is 77.0 Å². The first-order chi connectivity index (χ1) is 24.2. The second kappa shape index (κ2) is 46.4. The number of carboxylic acid groups (broad SMARTS) is 4. The molecule has 0 heterocycles. The van der Waals surface area contributed by atoms with Crippen molar-refractivity contribution < 1.29 is 39.6 Å². The third kappa shape index (κ3) is 60.7. The van der Waals surface area contributed by atoms with Gasteiger partial charge in [0, 0.05) is 25.7 Å². The van der Waals surface area contributed by atoms with Gasteiger partial charge in [-0.25, -0.2) is 0 Å². The Morgan fingerprint density at radius 3 is 0.700 bits per heavy atom. The van der Waals surface area contributed by atoms with Crippen LogP contribution in [0.25, 0.3) is 0 Å². The molecule has 8 nitrogen and oxygen atoms in total. The van der Waals surface area contributed by atoms with E-state index in [9.17, 15) is 19.2 Å². The van der Waals surface area contributed by atoms with Gasteiger partial charge in [-0.1, -0.05) is 141 Å². The smallest absolute Gasteiger partial charge is 0.303 e. The summed E-state index contributed by atoms with van der Waals surface area (Å²) in [5.41, 5.74) is 0. The Kier molecular flexibility index (Phi) is 48.0. The maximum absolute atomic E-state index is 10.3. The molecule has 0 rings (SSSR count). The van der Waals surface area contributed by atoms with E-state index in [1.165, 1.54) is 141 Å². The van der Waals surface area contributed by atoms with Crippen LogP contribution in [-0.2, 0) is 19.2 Å². The summed E-state index contributed by atoms with van der Waals surface area (Å²) in [4.78, 5) is 40.4. The highest BCUT2D eigenvalue weighted by molar-refractivity contribution is 5.68. The zero-order valence-electron chi connectivity index (χ0n) is 32.4. The molecule has 0 fully saturated rings. The summed E-state index contributed by atoms with van der Waals surface area (Å²) in [5, 5.41) is 33.3. The molecule has 0 atom stereocenters. The van der Waals surface area contributed by atoms with Crippen molar-refractivity contribution in [3.05, 3.63) is 24.3 Å². The molecule has 0 aliphatic heterocycles. The van der Waals surface area contributed by atoms with Crippen molar-refractivity contribution in [1.29, 1.82) is 0 Å². The molecule has 0 spiro atoms. The maximum Gasteiger partial charge on any atom is 0.303 e. The molecule has 0 radical (unpaired) electrons. The Hall–Kier alpha value is -2.64. The van der Waals surface area contributed by atoms with Crippen molar-refractivity contribution in [1.82, 2.24) is 0 Å². The maximum atomic E-state index is 10.3. The number of hydrogen-bond donors (Lipinski definition) is 4. The van der Waals surface area contributed by atoms with Gasteiger partial charge in [0.05, 0.1) is 0 Å². The molecule has 0 aliphatic carbocycles. The van der Waals surface area contributed by atoms with Gasteiger partial charge in [0.1, 0.15) is 0 Å². The van der Waals surface area contributed by atoms with E-state index >= 15 is 0 Å². The summed E-state index contributed by atoms with van der Waals surface area (Å²) < 4.78 is 0. The number of unbranched alkanes of at least 4 members (excludes halogenated alkanes) is 23. The van der Waals surface area contributed by atoms with Crippen LogP contribution < -0.4 is 0 Å². The van der Waals surface area contributed by atoms with E-state index < -0.39 is 23.9 Å². The molecule has 4 N–H and O–H groups in total. The lowest BCUT2D eigenvalue weighted by molar-refractivity contribution is -0.139. The second-order valence-electron chi connectivity index (χ2n) is 13.5. The van der Waals surface area contributed by atoms with Gasteiger partial charge in [0.2, 0.25) is 0 Å². The fraction of sp³-hybridized carbons (Fsp3) is 0.810. The molecule has 0 saturated carbocycles. The quantitative estimate of drug-likeness (QED) is 0.0375. The van der Waals surface area contributed by atoms with Crippen molar-refractivity contribution in [3.8, 4) is 0 Å². The van der Waals surface area contributed by atoms with Gasteiger partial charge >= 0.3 is 23.9 Å². The van der Waals surface area contributed by atoms with Gasteiger partial charge in [0.15, 0.2) is 0 Å². The molecule has 0 aromatic heterocycles. The molecule has 50 heavy (non-hydrogen) atoms. The predicted octanol–water partition coefficient (Wildman–Crippen LogP) is 12.9. The largest absolute Gasteiger partial charge is 0.481 e. The second-order valence-corrected chi connectivity index (χ2v) is 13.5. The Morgan fingerprint density at radius 1 is 0.300 bits per heavy atom. The third-order valence-corrected chi connectivity index (χ3v) is 8.34. The fourth-order valence-electron chi connectivity index (χ4n) is 5.25. The average Bonchev–Trinajstić information content (AvgIpc) is 3.07. The van der Waals surface area contributed by atoms with Crippen LogP contribution in [0.2, 0.25) is 0 Å². The Balaban J connectivity index is -0.000000701. The molecule has 8 heteroatoms. The molecule has 294 valence electrons. The van der Waals surface area contributed by atoms with Crippen molar-refractivity contribution in [2.24, 2.45) is 0 Å². The minimum absolute atomic E-state index is 0.0628. The van der Waals surface area contributed by atoms with Gasteiger partial charge in [-0.15, -0.1) is 0 Å². The number of carboxylic acids is 4. The lowest BCUT2D eigenvalue weighted by atomic mass is 10.1. The topological polar surface area (TPSA) is 149 Å². The predicted molar refractivity (Wildman–Crippen MR) is 208 cm³/mol.